The van der Waals surface area contributed by atoms with Gasteiger partial charge in [-0.15, -0.1) is 11.3 Å². The average molecular weight is 350 g/mol. The lowest BCUT2D eigenvalue weighted by Crippen LogP contribution is -2.31. The Bertz CT molecular complexity index is 783. The molecule has 0 unspecified atom stereocenters. The summed E-state index contributed by atoms with van der Waals surface area (Å²) in [4.78, 5) is 13.9. The molecule has 1 saturated heterocycles. The van der Waals surface area contributed by atoms with Crippen LogP contribution in [0, 0.1) is 12.8 Å². The van der Waals surface area contributed by atoms with E-state index in [9.17, 15) is 13.2 Å². The minimum absolute atomic E-state index is 0.0152. The molecular formula is C16H18N2O3S2. The third-order valence-electron chi connectivity index (χ3n) is 3.87. The van der Waals surface area contributed by atoms with Gasteiger partial charge in [0.2, 0.25) is 15.9 Å². The number of rotatable bonds is 5. The molecule has 1 aliphatic rings. The summed E-state index contributed by atoms with van der Waals surface area (Å²) in [5.74, 6) is 0.0210. The first kappa shape index (κ1) is 16.2. The number of carbonyl (C=O) groups excluding carboxylic acids is 1. The van der Waals surface area contributed by atoms with Crippen molar-refractivity contribution in [3.8, 4) is 0 Å². The zero-order chi connectivity index (χ0) is 16.4. The number of nitrogens with one attached hydrogen (secondary N) is 1. The molecule has 0 spiro atoms. The third kappa shape index (κ3) is 3.63. The van der Waals surface area contributed by atoms with Gasteiger partial charge in [-0.2, -0.15) is 0 Å². The summed E-state index contributed by atoms with van der Waals surface area (Å²) in [5.41, 5.74) is 2.00. The van der Waals surface area contributed by atoms with Crippen LogP contribution < -0.4 is 9.62 Å². The third-order valence-corrected chi connectivity index (χ3v) is 6.69. The van der Waals surface area contributed by atoms with Gasteiger partial charge in [-0.25, -0.2) is 13.1 Å². The highest BCUT2D eigenvalue weighted by atomic mass is 32.2. The minimum Gasteiger partial charge on any atom is -0.312 e. The van der Waals surface area contributed by atoms with Crippen LogP contribution in [0.3, 0.4) is 0 Å². The highest BCUT2D eigenvalue weighted by Crippen LogP contribution is 2.25. The zero-order valence-electron chi connectivity index (χ0n) is 12.7. The summed E-state index contributed by atoms with van der Waals surface area (Å²) < 4.78 is 27.2. The van der Waals surface area contributed by atoms with Gasteiger partial charge in [-0.05, 0) is 36.4 Å². The van der Waals surface area contributed by atoms with Crippen LogP contribution in [0.2, 0.25) is 0 Å². The predicted molar refractivity (Wildman–Crippen MR) is 91.1 cm³/mol. The number of thiophene rings is 1. The SMILES string of the molecule is Cc1ccc(N2C[C@@H](CNS(=O)(=O)c3cccs3)CC2=O)cc1. The summed E-state index contributed by atoms with van der Waals surface area (Å²) in [7, 11) is -3.47. The van der Waals surface area contributed by atoms with Crippen molar-refractivity contribution in [3.05, 3.63) is 47.3 Å². The van der Waals surface area contributed by atoms with Gasteiger partial charge in [0.05, 0.1) is 0 Å². The van der Waals surface area contributed by atoms with Gasteiger partial charge in [0, 0.05) is 25.2 Å². The van der Waals surface area contributed by atoms with Gasteiger partial charge >= 0.3 is 0 Å². The second-order valence-corrected chi connectivity index (χ2v) is 8.64. The molecule has 1 amide bonds. The number of benzene rings is 1. The van der Waals surface area contributed by atoms with Crippen molar-refractivity contribution in [1.29, 1.82) is 0 Å². The highest BCUT2D eigenvalue weighted by molar-refractivity contribution is 7.91. The van der Waals surface area contributed by atoms with Gasteiger partial charge in [0.25, 0.3) is 0 Å². The van der Waals surface area contributed by atoms with E-state index in [-0.39, 0.29) is 18.4 Å². The molecule has 1 aromatic heterocycles. The van der Waals surface area contributed by atoms with E-state index >= 15 is 0 Å². The first-order valence-corrected chi connectivity index (χ1v) is 9.72. The zero-order valence-corrected chi connectivity index (χ0v) is 14.4. The Labute approximate surface area is 140 Å². The number of hydrogen-bond donors (Lipinski definition) is 1. The van der Waals surface area contributed by atoms with E-state index in [2.05, 4.69) is 4.72 Å². The molecule has 0 bridgehead atoms. The maximum atomic E-state index is 12.2. The molecule has 1 aliphatic heterocycles. The molecule has 1 fully saturated rings. The van der Waals surface area contributed by atoms with Crippen molar-refractivity contribution < 1.29 is 13.2 Å². The molecule has 7 heteroatoms. The lowest BCUT2D eigenvalue weighted by molar-refractivity contribution is -0.117. The van der Waals surface area contributed by atoms with E-state index in [0.717, 1.165) is 11.3 Å². The smallest absolute Gasteiger partial charge is 0.250 e. The molecule has 0 saturated carbocycles. The molecule has 23 heavy (non-hydrogen) atoms. The van der Waals surface area contributed by atoms with Gasteiger partial charge in [-0.1, -0.05) is 23.8 Å². The van der Waals surface area contributed by atoms with Crippen molar-refractivity contribution in [3.63, 3.8) is 0 Å². The van der Waals surface area contributed by atoms with Crippen LogP contribution >= 0.6 is 11.3 Å². The second kappa shape index (κ2) is 6.43. The summed E-state index contributed by atoms with van der Waals surface area (Å²) in [6.07, 6.45) is 0.362. The topological polar surface area (TPSA) is 66.5 Å². The number of aryl methyl sites for hydroxylation is 1. The van der Waals surface area contributed by atoms with E-state index in [1.54, 1.807) is 22.4 Å². The molecule has 1 aromatic carbocycles. The van der Waals surface area contributed by atoms with E-state index < -0.39 is 10.0 Å². The van der Waals surface area contributed by atoms with Crippen LogP contribution in [0.15, 0.2) is 46.0 Å². The van der Waals surface area contributed by atoms with Gasteiger partial charge < -0.3 is 4.90 Å². The fourth-order valence-electron chi connectivity index (χ4n) is 2.61. The van der Waals surface area contributed by atoms with E-state index in [1.165, 1.54) is 11.3 Å². The average Bonchev–Trinajstić information content (AvgIpc) is 3.16. The molecule has 0 aliphatic carbocycles. The van der Waals surface area contributed by atoms with Crippen molar-refractivity contribution in [2.45, 2.75) is 17.6 Å². The quantitative estimate of drug-likeness (QED) is 0.900. The Morgan fingerprint density at radius 1 is 1.26 bits per heavy atom. The van der Waals surface area contributed by atoms with Crippen molar-refractivity contribution in [2.24, 2.45) is 5.92 Å². The van der Waals surface area contributed by atoms with Crippen LogP contribution in [-0.4, -0.2) is 27.4 Å². The standard InChI is InChI=1S/C16H18N2O3S2/c1-12-4-6-14(7-5-12)18-11-13(9-15(18)19)10-17-23(20,21)16-3-2-8-22-16/h2-8,13,17H,9-11H2,1H3/t13-/m1/s1. The van der Waals surface area contributed by atoms with Crippen molar-refractivity contribution in [1.82, 2.24) is 4.72 Å². The van der Waals surface area contributed by atoms with Gasteiger partial charge in [0.1, 0.15) is 4.21 Å². The Hall–Kier alpha value is -1.70. The molecule has 1 N–H and O–H groups in total. The summed E-state index contributed by atoms with van der Waals surface area (Å²) in [5, 5.41) is 1.73. The fourth-order valence-corrected chi connectivity index (χ4v) is 4.76. The number of hydrogen-bond acceptors (Lipinski definition) is 4. The van der Waals surface area contributed by atoms with E-state index in [0.29, 0.717) is 17.2 Å². The van der Waals surface area contributed by atoms with Gasteiger partial charge in [-0.3, -0.25) is 4.79 Å². The maximum absolute atomic E-state index is 12.2. The number of amides is 1. The molecule has 2 heterocycles. The molecule has 2 aromatic rings. The van der Waals surface area contributed by atoms with Crippen LogP contribution in [0.4, 0.5) is 5.69 Å². The lowest BCUT2D eigenvalue weighted by Gasteiger charge is -2.17. The molecule has 5 nitrogen and oxygen atoms in total. The molecule has 3 rings (SSSR count). The monoisotopic (exact) mass is 350 g/mol. The maximum Gasteiger partial charge on any atom is 0.250 e. The fraction of sp³-hybridized carbons (Fsp3) is 0.312. The van der Waals surface area contributed by atoms with Crippen molar-refractivity contribution >= 4 is 33.0 Å². The second-order valence-electron chi connectivity index (χ2n) is 5.69. The lowest BCUT2D eigenvalue weighted by atomic mass is 10.1. The first-order valence-electron chi connectivity index (χ1n) is 7.36. The first-order chi connectivity index (χ1) is 11.0. The van der Waals surface area contributed by atoms with Crippen LogP contribution in [-0.2, 0) is 14.8 Å². The number of carbonyl (C=O) groups is 1. The molecule has 122 valence electrons. The van der Waals surface area contributed by atoms with Crippen LogP contribution in [0.25, 0.3) is 0 Å². The normalized spacial score (nSPS) is 18.6. The molecular weight excluding hydrogens is 332 g/mol. The number of sulfonamides is 1. The summed E-state index contributed by atoms with van der Waals surface area (Å²) in [6, 6.07) is 11.1. The number of nitrogens with zero attached hydrogens (tertiary/aromatic N) is 1. The van der Waals surface area contributed by atoms with E-state index in [1.807, 2.05) is 31.2 Å². The number of anilines is 1. The van der Waals surface area contributed by atoms with Crippen LogP contribution in [0.5, 0.6) is 0 Å². The van der Waals surface area contributed by atoms with Gasteiger partial charge in [0.15, 0.2) is 0 Å². The largest absolute Gasteiger partial charge is 0.312 e. The molecule has 1 atom stereocenters. The summed E-state index contributed by atoms with van der Waals surface area (Å²) in [6.45, 7) is 2.81. The van der Waals surface area contributed by atoms with Crippen LogP contribution in [0.1, 0.15) is 12.0 Å². The van der Waals surface area contributed by atoms with E-state index in [4.69, 9.17) is 0 Å². The minimum atomic E-state index is -3.47. The Morgan fingerprint density at radius 3 is 2.65 bits per heavy atom. The Morgan fingerprint density at radius 2 is 2.00 bits per heavy atom. The highest BCUT2D eigenvalue weighted by Gasteiger charge is 2.31. The summed E-state index contributed by atoms with van der Waals surface area (Å²) >= 11 is 1.18. The Balaban J connectivity index is 1.63. The van der Waals surface area contributed by atoms with Crippen molar-refractivity contribution in [2.75, 3.05) is 18.0 Å². The Kier molecular flexibility index (Phi) is 4.52. The molecule has 0 radical (unpaired) electrons. The predicted octanol–water partition coefficient (Wildman–Crippen LogP) is 2.39.